The van der Waals surface area contributed by atoms with Crippen LogP contribution < -0.4 is 11.2 Å². The van der Waals surface area contributed by atoms with Crippen LogP contribution in [-0.2, 0) is 4.57 Å². The van der Waals surface area contributed by atoms with Crippen LogP contribution in [0.2, 0.25) is 0 Å². The lowest BCUT2D eigenvalue weighted by Gasteiger charge is -1.95. The van der Waals surface area contributed by atoms with Crippen LogP contribution in [0.3, 0.4) is 0 Å². The molecule has 1 unspecified atom stereocenters. The standard InChI is InChI=1S/C2H7N2O2P/c1-7(4,6)2(3)5/h1H3,(H2,3,5)(H2,4,6). The second-order valence-corrected chi connectivity index (χ2v) is 3.75. The van der Waals surface area contributed by atoms with Gasteiger partial charge in [-0.15, -0.1) is 0 Å². The predicted molar refractivity (Wildman–Crippen MR) is 27.3 cm³/mol. The fourth-order valence-corrected chi connectivity index (χ4v) is 0. The van der Waals surface area contributed by atoms with Gasteiger partial charge >= 0.3 is 0 Å². The van der Waals surface area contributed by atoms with E-state index in [9.17, 15) is 9.36 Å². The fourth-order valence-electron chi connectivity index (χ4n) is 0. The van der Waals surface area contributed by atoms with Crippen LogP contribution in [0.15, 0.2) is 0 Å². The minimum atomic E-state index is -3.10. The highest BCUT2D eigenvalue weighted by Crippen LogP contribution is 2.28. The SMILES string of the molecule is CP(N)(=O)C(N)=O. The predicted octanol–water partition coefficient (Wildman–Crippen LogP) is -0.0683. The topological polar surface area (TPSA) is 86.2 Å². The van der Waals surface area contributed by atoms with Crippen LogP contribution >= 0.6 is 7.29 Å². The Labute approximate surface area is 41.3 Å². The lowest BCUT2D eigenvalue weighted by molar-refractivity contribution is 0.265. The van der Waals surface area contributed by atoms with Crippen molar-refractivity contribution in [2.24, 2.45) is 11.2 Å². The fraction of sp³-hybridized carbons (Fsp3) is 0.500. The Kier molecular flexibility index (Phi) is 1.56. The number of carbonyl (C=O) groups excluding carboxylic acids is 1. The third kappa shape index (κ3) is 2.37. The van der Waals surface area contributed by atoms with E-state index in [2.05, 4.69) is 5.73 Å². The molecule has 0 heterocycles. The molecule has 42 valence electrons. The van der Waals surface area contributed by atoms with E-state index in [1.165, 1.54) is 0 Å². The van der Waals surface area contributed by atoms with Crippen molar-refractivity contribution in [3.05, 3.63) is 0 Å². The Bertz CT molecular complexity index is 126. The molecular weight excluding hydrogens is 115 g/mol. The molecule has 0 aromatic heterocycles. The molecule has 7 heavy (non-hydrogen) atoms. The summed E-state index contributed by atoms with van der Waals surface area (Å²) in [5.41, 5.74) is 8.38. The first-order chi connectivity index (χ1) is 2.94. The summed E-state index contributed by atoms with van der Waals surface area (Å²) in [5.74, 6) is 0. The van der Waals surface area contributed by atoms with E-state index in [4.69, 9.17) is 5.50 Å². The normalized spacial score (nSPS) is 18.0. The molecule has 4 N–H and O–H groups in total. The first kappa shape index (κ1) is 6.66. The highest BCUT2D eigenvalue weighted by Gasteiger charge is 2.13. The molecule has 0 aliphatic carbocycles. The molecule has 0 saturated heterocycles. The van der Waals surface area contributed by atoms with Crippen molar-refractivity contribution in [2.75, 3.05) is 6.66 Å². The van der Waals surface area contributed by atoms with E-state index in [-0.39, 0.29) is 0 Å². The van der Waals surface area contributed by atoms with Crippen molar-refractivity contribution >= 4 is 12.9 Å². The summed E-state index contributed by atoms with van der Waals surface area (Å²) < 4.78 is 10.2. The van der Waals surface area contributed by atoms with Crippen molar-refractivity contribution in [2.45, 2.75) is 0 Å². The minimum Gasteiger partial charge on any atom is -0.362 e. The summed E-state index contributed by atoms with van der Waals surface area (Å²) in [6.45, 7) is 1.12. The van der Waals surface area contributed by atoms with Gasteiger partial charge < -0.3 is 5.73 Å². The molecular formula is C2H7N2O2P. The van der Waals surface area contributed by atoms with Gasteiger partial charge in [0.25, 0.3) is 5.65 Å². The maximum atomic E-state index is 10.2. The molecule has 4 nitrogen and oxygen atoms in total. The van der Waals surface area contributed by atoms with E-state index in [1.807, 2.05) is 0 Å². The Morgan fingerprint density at radius 3 is 1.86 bits per heavy atom. The number of hydrogen-bond acceptors (Lipinski definition) is 2. The van der Waals surface area contributed by atoms with Gasteiger partial charge in [-0.1, -0.05) is 0 Å². The quantitative estimate of drug-likeness (QED) is 0.477. The first-order valence-electron chi connectivity index (χ1n) is 1.60. The van der Waals surface area contributed by atoms with Crippen LogP contribution in [0.5, 0.6) is 0 Å². The molecule has 0 aliphatic heterocycles. The van der Waals surface area contributed by atoms with Gasteiger partial charge in [0, 0.05) is 6.66 Å². The number of rotatable bonds is 1. The lowest BCUT2D eigenvalue weighted by atomic mass is 11.5. The molecule has 1 atom stereocenters. The molecule has 0 rings (SSSR count). The Balaban J connectivity index is 4.09. The van der Waals surface area contributed by atoms with Crippen molar-refractivity contribution in [3.8, 4) is 0 Å². The summed E-state index contributed by atoms with van der Waals surface area (Å²) in [7, 11) is -3.10. The number of nitrogens with two attached hydrogens (primary N) is 2. The van der Waals surface area contributed by atoms with Gasteiger partial charge in [0.05, 0.1) is 0 Å². The molecule has 1 amide bonds. The zero-order valence-corrected chi connectivity index (χ0v) is 4.81. The van der Waals surface area contributed by atoms with Gasteiger partial charge in [-0.3, -0.25) is 14.9 Å². The van der Waals surface area contributed by atoms with Crippen molar-refractivity contribution in [1.29, 1.82) is 0 Å². The van der Waals surface area contributed by atoms with Crippen LogP contribution in [0.4, 0.5) is 4.79 Å². The van der Waals surface area contributed by atoms with Crippen molar-refractivity contribution < 1.29 is 9.36 Å². The maximum Gasteiger partial charge on any atom is 0.290 e. The Morgan fingerprint density at radius 1 is 1.71 bits per heavy atom. The number of amides is 1. The largest absolute Gasteiger partial charge is 0.362 e. The summed E-state index contributed by atoms with van der Waals surface area (Å²) >= 11 is 0. The van der Waals surface area contributed by atoms with E-state index < -0.39 is 12.9 Å². The van der Waals surface area contributed by atoms with E-state index >= 15 is 0 Å². The molecule has 0 aliphatic rings. The van der Waals surface area contributed by atoms with Crippen molar-refractivity contribution in [3.63, 3.8) is 0 Å². The summed E-state index contributed by atoms with van der Waals surface area (Å²) in [4.78, 5) is 9.85. The highest BCUT2D eigenvalue weighted by molar-refractivity contribution is 7.77. The lowest BCUT2D eigenvalue weighted by Crippen LogP contribution is -2.13. The van der Waals surface area contributed by atoms with E-state index in [0.717, 1.165) is 6.66 Å². The van der Waals surface area contributed by atoms with Gasteiger partial charge in [-0.25, -0.2) is 0 Å². The number of hydrogen-bond donors (Lipinski definition) is 2. The third-order valence-electron chi connectivity index (χ3n) is 0.438. The third-order valence-corrected chi connectivity index (χ3v) is 1.31. The van der Waals surface area contributed by atoms with Gasteiger partial charge in [0.2, 0.25) is 7.29 Å². The summed E-state index contributed by atoms with van der Waals surface area (Å²) in [5, 5.41) is 0. The minimum absolute atomic E-state index is 0.924. The van der Waals surface area contributed by atoms with Gasteiger partial charge in [-0.05, 0) is 0 Å². The summed E-state index contributed by atoms with van der Waals surface area (Å²) in [6.07, 6.45) is 0. The molecule has 5 heteroatoms. The zero-order chi connectivity index (χ0) is 6.08. The average Bonchev–Trinajstić information content (AvgIpc) is 1.31. The van der Waals surface area contributed by atoms with E-state index in [1.54, 1.807) is 0 Å². The van der Waals surface area contributed by atoms with Gasteiger partial charge in [0.15, 0.2) is 0 Å². The van der Waals surface area contributed by atoms with Crippen LogP contribution in [0.1, 0.15) is 0 Å². The molecule has 0 aromatic rings. The maximum absolute atomic E-state index is 10.2. The summed E-state index contributed by atoms with van der Waals surface area (Å²) in [6, 6.07) is 0. The first-order valence-corrected chi connectivity index (χ1v) is 3.83. The zero-order valence-electron chi connectivity index (χ0n) is 3.92. The molecule has 0 saturated carbocycles. The molecule has 0 spiro atoms. The Morgan fingerprint density at radius 2 is 1.86 bits per heavy atom. The molecule has 0 aromatic carbocycles. The molecule has 0 radical (unpaired) electrons. The smallest absolute Gasteiger partial charge is 0.290 e. The molecule has 0 fully saturated rings. The monoisotopic (exact) mass is 122 g/mol. The number of carbonyl (C=O) groups is 1. The van der Waals surface area contributed by atoms with Crippen LogP contribution in [0, 0.1) is 0 Å². The van der Waals surface area contributed by atoms with Gasteiger partial charge in [-0.2, -0.15) is 0 Å². The van der Waals surface area contributed by atoms with E-state index in [0.29, 0.717) is 0 Å². The Hall–Kier alpha value is -0.340. The second kappa shape index (κ2) is 1.64. The highest BCUT2D eigenvalue weighted by atomic mass is 31.2. The molecule has 0 bridgehead atoms. The van der Waals surface area contributed by atoms with Crippen LogP contribution in [0.25, 0.3) is 0 Å². The van der Waals surface area contributed by atoms with Crippen molar-refractivity contribution in [1.82, 2.24) is 0 Å². The number of primary amides is 1. The second-order valence-electron chi connectivity index (χ2n) is 1.33. The van der Waals surface area contributed by atoms with Crippen LogP contribution in [-0.4, -0.2) is 12.3 Å². The van der Waals surface area contributed by atoms with Gasteiger partial charge in [0.1, 0.15) is 0 Å². The average molecular weight is 122 g/mol.